The van der Waals surface area contributed by atoms with Crippen LogP contribution in [0.1, 0.15) is 26.3 Å². The van der Waals surface area contributed by atoms with Crippen molar-refractivity contribution in [2.75, 3.05) is 6.54 Å². The van der Waals surface area contributed by atoms with E-state index in [0.717, 1.165) is 5.56 Å². The van der Waals surface area contributed by atoms with Crippen molar-refractivity contribution in [3.63, 3.8) is 0 Å². The molecule has 0 saturated heterocycles. The first kappa shape index (κ1) is 14.6. The lowest BCUT2D eigenvalue weighted by Gasteiger charge is -2.17. The third kappa shape index (κ3) is 5.27. The fourth-order valence-electron chi connectivity index (χ4n) is 1.44. The summed E-state index contributed by atoms with van der Waals surface area (Å²) in [6.07, 6.45) is 0. The van der Waals surface area contributed by atoms with Gasteiger partial charge in [0.1, 0.15) is 5.82 Å². The highest BCUT2D eigenvalue weighted by Gasteiger charge is 2.09. The third-order valence-corrected chi connectivity index (χ3v) is 2.89. The molecule has 0 heterocycles. The highest BCUT2D eigenvalue weighted by Crippen LogP contribution is 2.02. The van der Waals surface area contributed by atoms with E-state index in [0.29, 0.717) is 12.5 Å². The SMILES string of the molecule is CC(C)C(C)NC(=O)CNCc1cccc(F)c1. The molecule has 0 fully saturated rings. The maximum absolute atomic E-state index is 12.9. The first-order valence-electron chi connectivity index (χ1n) is 6.23. The molecule has 0 spiro atoms. The van der Waals surface area contributed by atoms with E-state index < -0.39 is 0 Å². The van der Waals surface area contributed by atoms with E-state index >= 15 is 0 Å². The summed E-state index contributed by atoms with van der Waals surface area (Å²) in [6.45, 7) is 6.83. The molecule has 1 unspecified atom stereocenters. The van der Waals surface area contributed by atoms with Gasteiger partial charge >= 0.3 is 0 Å². The zero-order valence-electron chi connectivity index (χ0n) is 11.2. The van der Waals surface area contributed by atoms with Crippen molar-refractivity contribution in [1.29, 1.82) is 0 Å². The van der Waals surface area contributed by atoms with Crippen molar-refractivity contribution in [3.8, 4) is 0 Å². The van der Waals surface area contributed by atoms with Gasteiger partial charge in [0, 0.05) is 12.6 Å². The van der Waals surface area contributed by atoms with Crippen LogP contribution in [0.5, 0.6) is 0 Å². The molecule has 0 bridgehead atoms. The molecule has 0 saturated carbocycles. The van der Waals surface area contributed by atoms with Crippen LogP contribution in [-0.4, -0.2) is 18.5 Å². The first-order chi connectivity index (χ1) is 8.49. The van der Waals surface area contributed by atoms with Gasteiger partial charge < -0.3 is 10.6 Å². The van der Waals surface area contributed by atoms with Gasteiger partial charge in [-0.15, -0.1) is 0 Å². The van der Waals surface area contributed by atoms with E-state index in [9.17, 15) is 9.18 Å². The minimum absolute atomic E-state index is 0.0346. The van der Waals surface area contributed by atoms with Gasteiger partial charge in [0.05, 0.1) is 6.54 Å². The number of nitrogens with one attached hydrogen (secondary N) is 2. The molecule has 4 heteroatoms. The lowest BCUT2D eigenvalue weighted by atomic mass is 10.1. The van der Waals surface area contributed by atoms with E-state index in [1.165, 1.54) is 12.1 Å². The smallest absolute Gasteiger partial charge is 0.234 e. The zero-order chi connectivity index (χ0) is 13.5. The van der Waals surface area contributed by atoms with Gasteiger partial charge in [0.25, 0.3) is 0 Å². The van der Waals surface area contributed by atoms with E-state index in [4.69, 9.17) is 0 Å². The van der Waals surface area contributed by atoms with Gasteiger partial charge in [-0.25, -0.2) is 4.39 Å². The van der Waals surface area contributed by atoms with Crippen LogP contribution in [0.15, 0.2) is 24.3 Å². The molecule has 0 aliphatic rings. The van der Waals surface area contributed by atoms with Crippen LogP contribution < -0.4 is 10.6 Å². The Labute approximate surface area is 108 Å². The molecule has 1 rings (SSSR count). The Kier molecular flexibility index (Phi) is 5.78. The summed E-state index contributed by atoms with van der Waals surface area (Å²) in [6, 6.07) is 6.51. The molecule has 2 N–H and O–H groups in total. The van der Waals surface area contributed by atoms with E-state index in [1.54, 1.807) is 6.07 Å². The number of carbonyl (C=O) groups is 1. The van der Waals surface area contributed by atoms with Crippen molar-refractivity contribution in [3.05, 3.63) is 35.6 Å². The van der Waals surface area contributed by atoms with Crippen molar-refractivity contribution >= 4 is 5.91 Å². The van der Waals surface area contributed by atoms with E-state index in [-0.39, 0.29) is 24.3 Å². The van der Waals surface area contributed by atoms with Gasteiger partial charge in [-0.05, 0) is 30.5 Å². The van der Waals surface area contributed by atoms with Gasteiger partial charge in [-0.2, -0.15) is 0 Å². The monoisotopic (exact) mass is 252 g/mol. The number of rotatable bonds is 6. The molecule has 0 aliphatic heterocycles. The number of carbonyl (C=O) groups excluding carboxylic acids is 1. The summed E-state index contributed by atoms with van der Waals surface area (Å²) >= 11 is 0. The Morgan fingerprint density at radius 3 is 2.67 bits per heavy atom. The minimum atomic E-state index is -0.257. The second-order valence-corrected chi connectivity index (χ2v) is 4.83. The van der Waals surface area contributed by atoms with Crippen molar-refractivity contribution in [2.24, 2.45) is 5.92 Å². The van der Waals surface area contributed by atoms with Gasteiger partial charge in [-0.3, -0.25) is 4.79 Å². The predicted molar refractivity (Wildman–Crippen MR) is 70.5 cm³/mol. The second-order valence-electron chi connectivity index (χ2n) is 4.83. The summed E-state index contributed by atoms with van der Waals surface area (Å²) in [4.78, 5) is 11.6. The number of halogens is 1. The molecule has 1 aromatic rings. The van der Waals surface area contributed by atoms with Crippen LogP contribution in [0.25, 0.3) is 0 Å². The quantitative estimate of drug-likeness (QED) is 0.814. The van der Waals surface area contributed by atoms with Crippen molar-refractivity contribution < 1.29 is 9.18 Å². The molecule has 0 radical (unpaired) electrons. The summed E-state index contributed by atoms with van der Waals surface area (Å²) in [5.41, 5.74) is 0.833. The largest absolute Gasteiger partial charge is 0.352 e. The Balaban J connectivity index is 2.27. The fourth-order valence-corrected chi connectivity index (χ4v) is 1.44. The number of amides is 1. The predicted octanol–water partition coefficient (Wildman–Crippen LogP) is 2.08. The highest BCUT2D eigenvalue weighted by molar-refractivity contribution is 5.78. The van der Waals surface area contributed by atoms with Crippen molar-refractivity contribution in [2.45, 2.75) is 33.4 Å². The Morgan fingerprint density at radius 2 is 2.06 bits per heavy atom. The standard InChI is InChI=1S/C14H21FN2O/c1-10(2)11(3)17-14(18)9-16-8-12-5-4-6-13(15)7-12/h4-7,10-11,16H,8-9H2,1-3H3,(H,17,18). The Morgan fingerprint density at radius 1 is 1.33 bits per heavy atom. The molecule has 100 valence electrons. The summed E-state index contributed by atoms with van der Waals surface area (Å²) < 4.78 is 12.9. The number of benzene rings is 1. The highest BCUT2D eigenvalue weighted by atomic mass is 19.1. The molecule has 0 aromatic heterocycles. The summed E-state index contributed by atoms with van der Waals surface area (Å²) in [5, 5.41) is 5.90. The molecule has 1 amide bonds. The number of hydrogen-bond acceptors (Lipinski definition) is 2. The molecular weight excluding hydrogens is 231 g/mol. The van der Waals surface area contributed by atoms with Crippen LogP contribution in [-0.2, 0) is 11.3 Å². The lowest BCUT2D eigenvalue weighted by molar-refractivity contribution is -0.121. The topological polar surface area (TPSA) is 41.1 Å². The average Bonchev–Trinajstić information content (AvgIpc) is 2.28. The zero-order valence-corrected chi connectivity index (χ0v) is 11.2. The van der Waals surface area contributed by atoms with Crippen molar-refractivity contribution in [1.82, 2.24) is 10.6 Å². The molecule has 3 nitrogen and oxygen atoms in total. The fraction of sp³-hybridized carbons (Fsp3) is 0.500. The molecular formula is C14H21FN2O. The summed E-state index contributed by atoms with van der Waals surface area (Å²) in [5.74, 6) is 0.122. The Hall–Kier alpha value is -1.42. The van der Waals surface area contributed by atoms with Gasteiger partial charge in [0.15, 0.2) is 0 Å². The van der Waals surface area contributed by atoms with Crippen LogP contribution in [0.4, 0.5) is 4.39 Å². The summed E-state index contributed by atoms with van der Waals surface area (Å²) in [7, 11) is 0. The minimum Gasteiger partial charge on any atom is -0.352 e. The first-order valence-corrected chi connectivity index (χ1v) is 6.23. The van der Waals surface area contributed by atoms with Gasteiger partial charge in [-0.1, -0.05) is 26.0 Å². The number of hydrogen-bond donors (Lipinski definition) is 2. The lowest BCUT2D eigenvalue weighted by Crippen LogP contribution is -2.41. The molecule has 18 heavy (non-hydrogen) atoms. The molecule has 0 aliphatic carbocycles. The van der Waals surface area contributed by atoms with E-state index in [1.807, 2.05) is 13.0 Å². The molecule has 1 aromatic carbocycles. The maximum atomic E-state index is 12.9. The normalized spacial score (nSPS) is 12.5. The van der Waals surface area contributed by atoms with Gasteiger partial charge in [0.2, 0.25) is 5.91 Å². The second kappa shape index (κ2) is 7.11. The maximum Gasteiger partial charge on any atom is 0.234 e. The Bertz CT molecular complexity index is 393. The third-order valence-electron chi connectivity index (χ3n) is 2.89. The van der Waals surface area contributed by atoms with E-state index in [2.05, 4.69) is 24.5 Å². The van der Waals surface area contributed by atoms with Crippen LogP contribution in [0, 0.1) is 11.7 Å². The molecule has 1 atom stereocenters. The average molecular weight is 252 g/mol. The van der Waals surface area contributed by atoms with Crippen LogP contribution >= 0.6 is 0 Å². The van der Waals surface area contributed by atoms with Crippen LogP contribution in [0.3, 0.4) is 0 Å². The van der Waals surface area contributed by atoms with Crippen LogP contribution in [0.2, 0.25) is 0 Å².